The molecule has 2 aromatic rings. The van der Waals surface area contributed by atoms with Crippen LogP contribution in [0.2, 0.25) is 0 Å². The lowest BCUT2D eigenvalue weighted by molar-refractivity contribution is -0.117. The molecule has 2 rings (SSSR count). The zero-order chi connectivity index (χ0) is 18.9. The first kappa shape index (κ1) is 19.0. The molecule has 2 amide bonds. The van der Waals surface area contributed by atoms with E-state index in [2.05, 4.69) is 15.6 Å². The molecule has 26 heavy (non-hydrogen) atoms. The zero-order valence-electron chi connectivity index (χ0n) is 13.7. The van der Waals surface area contributed by atoms with Gasteiger partial charge in [0.15, 0.2) is 17.3 Å². The van der Waals surface area contributed by atoms with Gasteiger partial charge in [-0.2, -0.15) is 8.78 Å². The number of amides is 2. The van der Waals surface area contributed by atoms with Crippen molar-refractivity contribution in [2.45, 2.75) is 13.5 Å². The fourth-order valence-electron chi connectivity index (χ4n) is 1.89. The Labute approximate surface area is 147 Å². The van der Waals surface area contributed by atoms with Crippen LogP contribution in [0.3, 0.4) is 0 Å². The van der Waals surface area contributed by atoms with Gasteiger partial charge in [-0.25, -0.2) is 0 Å². The number of nitrogens with one attached hydrogen (secondary N) is 2. The minimum absolute atomic E-state index is 0.0465. The Bertz CT molecular complexity index is 775. The summed E-state index contributed by atoms with van der Waals surface area (Å²) in [7, 11) is 0. The van der Waals surface area contributed by atoms with Gasteiger partial charge in [-0.05, 0) is 42.8 Å². The van der Waals surface area contributed by atoms with Crippen LogP contribution < -0.4 is 20.3 Å². The lowest BCUT2D eigenvalue weighted by atomic mass is 10.2. The van der Waals surface area contributed by atoms with E-state index in [-0.39, 0.29) is 23.9 Å². The van der Waals surface area contributed by atoms with Crippen molar-refractivity contribution in [1.82, 2.24) is 10.9 Å². The molecule has 0 radical (unpaired) electrons. The number of hydrogen-bond donors (Lipinski definition) is 2. The van der Waals surface area contributed by atoms with Gasteiger partial charge in [0.05, 0.1) is 12.9 Å². The Morgan fingerprint density at radius 2 is 2.04 bits per heavy atom. The van der Waals surface area contributed by atoms with Gasteiger partial charge in [0.2, 0.25) is 0 Å². The Kier molecular flexibility index (Phi) is 6.72. The number of hydrogen-bond acceptors (Lipinski definition) is 5. The number of halogens is 2. The minimum atomic E-state index is -2.97. The van der Waals surface area contributed by atoms with Gasteiger partial charge >= 0.3 is 12.5 Å². The van der Waals surface area contributed by atoms with Gasteiger partial charge in [-0.1, -0.05) is 6.07 Å². The van der Waals surface area contributed by atoms with E-state index in [1.54, 1.807) is 6.92 Å². The molecule has 0 aliphatic rings. The van der Waals surface area contributed by atoms with Crippen LogP contribution in [0.1, 0.15) is 23.0 Å². The number of carbonyl (C=O) groups is 2. The first-order valence-corrected chi connectivity index (χ1v) is 7.53. The van der Waals surface area contributed by atoms with Crippen LogP contribution in [0.15, 0.2) is 47.1 Å². The molecular formula is C17H16F2N2O5. The summed E-state index contributed by atoms with van der Waals surface area (Å²) >= 11 is 0. The van der Waals surface area contributed by atoms with Crippen LogP contribution in [0.5, 0.6) is 11.5 Å². The summed E-state index contributed by atoms with van der Waals surface area (Å²) in [5, 5.41) is 0. The fraction of sp³-hybridized carbons (Fsp3) is 0.176. The number of benzene rings is 1. The number of ether oxygens (including phenoxy) is 2. The highest BCUT2D eigenvalue weighted by molar-refractivity contribution is 5.96. The molecule has 1 aromatic heterocycles. The second-order valence-corrected chi connectivity index (χ2v) is 4.77. The van der Waals surface area contributed by atoms with Crippen molar-refractivity contribution in [3.8, 4) is 11.5 Å². The molecule has 0 spiro atoms. The Hall–Kier alpha value is -3.36. The number of rotatable bonds is 7. The molecule has 0 bridgehead atoms. The van der Waals surface area contributed by atoms with Crippen molar-refractivity contribution in [3.63, 3.8) is 0 Å². The minimum Gasteiger partial charge on any atom is -0.490 e. The van der Waals surface area contributed by atoms with E-state index >= 15 is 0 Å². The summed E-state index contributed by atoms with van der Waals surface area (Å²) in [4.78, 5) is 23.3. The van der Waals surface area contributed by atoms with Crippen LogP contribution in [0.25, 0.3) is 6.08 Å². The van der Waals surface area contributed by atoms with Gasteiger partial charge in [-0.3, -0.25) is 20.4 Å². The molecule has 0 aliphatic heterocycles. The highest BCUT2D eigenvalue weighted by Crippen LogP contribution is 2.30. The third-order valence-corrected chi connectivity index (χ3v) is 2.96. The van der Waals surface area contributed by atoms with Gasteiger partial charge in [-0.15, -0.1) is 0 Å². The van der Waals surface area contributed by atoms with Crippen LogP contribution >= 0.6 is 0 Å². The van der Waals surface area contributed by atoms with Crippen LogP contribution in [-0.4, -0.2) is 25.0 Å². The van der Waals surface area contributed by atoms with Crippen LogP contribution in [0, 0.1) is 0 Å². The quantitative estimate of drug-likeness (QED) is 0.581. The zero-order valence-corrected chi connectivity index (χ0v) is 13.7. The smallest absolute Gasteiger partial charge is 0.387 e. The molecule has 0 saturated heterocycles. The molecule has 2 N–H and O–H groups in total. The van der Waals surface area contributed by atoms with Gasteiger partial charge in [0.1, 0.15) is 0 Å². The van der Waals surface area contributed by atoms with Crippen molar-refractivity contribution >= 4 is 17.9 Å². The Morgan fingerprint density at radius 3 is 2.69 bits per heavy atom. The maximum atomic E-state index is 12.4. The molecule has 0 unspecified atom stereocenters. The van der Waals surface area contributed by atoms with Gasteiger partial charge in [0, 0.05) is 6.08 Å². The summed E-state index contributed by atoms with van der Waals surface area (Å²) < 4.78 is 39.2. The molecule has 0 aliphatic carbocycles. The van der Waals surface area contributed by atoms with Crippen molar-refractivity contribution in [2.24, 2.45) is 0 Å². The maximum absolute atomic E-state index is 12.4. The molecule has 0 saturated carbocycles. The predicted molar refractivity (Wildman–Crippen MR) is 87.6 cm³/mol. The van der Waals surface area contributed by atoms with E-state index in [1.165, 1.54) is 42.7 Å². The molecule has 0 atom stereocenters. The largest absolute Gasteiger partial charge is 0.490 e. The van der Waals surface area contributed by atoms with E-state index in [1.807, 2.05) is 0 Å². The second kappa shape index (κ2) is 9.21. The van der Waals surface area contributed by atoms with E-state index in [0.717, 1.165) is 6.08 Å². The van der Waals surface area contributed by atoms with Crippen molar-refractivity contribution in [2.75, 3.05) is 6.61 Å². The Morgan fingerprint density at radius 1 is 1.23 bits per heavy atom. The average Bonchev–Trinajstić information content (AvgIpc) is 3.14. The summed E-state index contributed by atoms with van der Waals surface area (Å²) in [6.07, 6.45) is 3.90. The maximum Gasteiger partial charge on any atom is 0.387 e. The normalized spacial score (nSPS) is 10.8. The first-order chi connectivity index (χ1) is 12.5. The second-order valence-electron chi connectivity index (χ2n) is 4.77. The van der Waals surface area contributed by atoms with Crippen LogP contribution in [0.4, 0.5) is 8.78 Å². The summed E-state index contributed by atoms with van der Waals surface area (Å²) in [6, 6.07) is 7.22. The van der Waals surface area contributed by atoms with E-state index in [9.17, 15) is 18.4 Å². The first-order valence-electron chi connectivity index (χ1n) is 7.53. The van der Waals surface area contributed by atoms with Crippen molar-refractivity contribution < 1.29 is 32.3 Å². The molecule has 9 heteroatoms. The molecule has 0 fully saturated rings. The highest BCUT2D eigenvalue weighted by Gasteiger charge is 2.11. The SMILES string of the molecule is CCOc1cc(C=CC(=O)NNC(=O)c2ccco2)ccc1OC(F)F. The van der Waals surface area contributed by atoms with E-state index in [4.69, 9.17) is 9.15 Å². The summed E-state index contributed by atoms with van der Waals surface area (Å²) in [5.74, 6) is -1.14. The van der Waals surface area contributed by atoms with Crippen LogP contribution in [-0.2, 0) is 4.79 Å². The molecule has 7 nitrogen and oxygen atoms in total. The highest BCUT2D eigenvalue weighted by atomic mass is 19.3. The number of hydrazine groups is 1. The molecule has 138 valence electrons. The third-order valence-electron chi connectivity index (χ3n) is 2.96. The third kappa shape index (κ3) is 5.62. The summed E-state index contributed by atoms with van der Waals surface area (Å²) in [5.41, 5.74) is 4.87. The lowest BCUT2D eigenvalue weighted by Crippen LogP contribution is -2.40. The van der Waals surface area contributed by atoms with E-state index in [0.29, 0.717) is 5.56 Å². The Balaban J connectivity index is 1.96. The predicted octanol–water partition coefficient (Wildman–Crippen LogP) is 2.75. The number of furan rings is 1. The lowest BCUT2D eigenvalue weighted by Gasteiger charge is -2.11. The fourth-order valence-corrected chi connectivity index (χ4v) is 1.89. The molecule has 1 heterocycles. The van der Waals surface area contributed by atoms with Gasteiger partial charge < -0.3 is 13.9 Å². The number of alkyl halides is 2. The van der Waals surface area contributed by atoms with Crippen molar-refractivity contribution in [3.05, 3.63) is 54.0 Å². The standard InChI is InChI=1S/C17H16F2N2O5/c1-2-24-14-10-11(5-7-12(14)26-17(18)19)6-8-15(22)20-21-16(23)13-4-3-9-25-13/h3-10,17H,2H2,1H3,(H,20,22)(H,21,23). The van der Waals surface area contributed by atoms with Gasteiger partial charge in [0.25, 0.3) is 5.91 Å². The molecule has 1 aromatic carbocycles. The summed E-state index contributed by atoms with van der Waals surface area (Å²) in [6.45, 7) is -1.02. The topological polar surface area (TPSA) is 89.8 Å². The van der Waals surface area contributed by atoms with E-state index < -0.39 is 18.4 Å². The molecular weight excluding hydrogens is 350 g/mol. The number of carbonyl (C=O) groups excluding carboxylic acids is 2. The monoisotopic (exact) mass is 366 g/mol. The van der Waals surface area contributed by atoms with Crippen molar-refractivity contribution in [1.29, 1.82) is 0 Å². The average molecular weight is 366 g/mol.